The molecule has 0 unspecified atom stereocenters. The molecular formula is C48H29NS2. The molecule has 1 nitrogen and oxygen atoms in total. The third kappa shape index (κ3) is 4.45. The number of thiophene rings is 2. The topological polar surface area (TPSA) is 4.93 Å². The number of fused-ring (bicyclic) bond motifs is 10. The van der Waals surface area contributed by atoms with Crippen LogP contribution in [-0.2, 0) is 0 Å². The SMILES string of the molecule is c1ccc(-c2cccc(-c3cccc(-n4c5cc(-c6cccc7c6sc6ccccc67)ccc5c5c6sc7ccccc7c6ccc54)c3)c2)cc1. The van der Waals surface area contributed by atoms with Crippen molar-refractivity contribution in [2.24, 2.45) is 0 Å². The first-order chi connectivity index (χ1) is 25.3. The Morgan fingerprint density at radius 1 is 0.333 bits per heavy atom. The monoisotopic (exact) mass is 683 g/mol. The van der Waals surface area contributed by atoms with Crippen LogP contribution in [0, 0.1) is 0 Å². The Morgan fingerprint density at radius 2 is 0.922 bits per heavy atom. The van der Waals surface area contributed by atoms with E-state index in [9.17, 15) is 0 Å². The molecule has 11 aromatic rings. The van der Waals surface area contributed by atoms with Gasteiger partial charge in [0.25, 0.3) is 0 Å². The Kier molecular flexibility index (Phi) is 6.36. The van der Waals surface area contributed by atoms with Crippen LogP contribution in [0.5, 0.6) is 0 Å². The molecule has 0 aliphatic rings. The first kappa shape index (κ1) is 28.8. The Bertz CT molecular complexity index is 3140. The van der Waals surface area contributed by atoms with Crippen LogP contribution < -0.4 is 0 Å². The maximum absolute atomic E-state index is 2.49. The van der Waals surface area contributed by atoms with Crippen molar-refractivity contribution in [3.8, 4) is 39.1 Å². The van der Waals surface area contributed by atoms with Crippen LogP contribution in [-0.4, -0.2) is 4.57 Å². The van der Waals surface area contributed by atoms with Crippen molar-refractivity contribution in [1.29, 1.82) is 0 Å². The lowest BCUT2D eigenvalue weighted by Gasteiger charge is -2.12. The molecule has 11 rings (SSSR count). The van der Waals surface area contributed by atoms with Crippen LogP contribution in [0.3, 0.4) is 0 Å². The van der Waals surface area contributed by atoms with Crippen molar-refractivity contribution in [1.82, 2.24) is 4.57 Å². The maximum Gasteiger partial charge on any atom is 0.0555 e. The molecule has 238 valence electrons. The highest BCUT2D eigenvalue weighted by Crippen LogP contribution is 2.46. The third-order valence-corrected chi connectivity index (χ3v) is 12.8. The predicted molar refractivity (Wildman–Crippen MR) is 223 cm³/mol. The minimum Gasteiger partial charge on any atom is -0.309 e. The highest BCUT2D eigenvalue weighted by atomic mass is 32.1. The molecular weight excluding hydrogens is 655 g/mol. The van der Waals surface area contributed by atoms with Crippen molar-refractivity contribution in [2.75, 3.05) is 0 Å². The first-order valence-corrected chi connectivity index (χ1v) is 19.0. The van der Waals surface area contributed by atoms with Crippen LogP contribution in [0.25, 0.3) is 101 Å². The fourth-order valence-electron chi connectivity index (χ4n) is 8.04. The Hall–Kier alpha value is -6.00. The van der Waals surface area contributed by atoms with E-state index < -0.39 is 0 Å². The maximum atomic E-state index is 2.49. The van der Waals surface area contributed by atoms with Crippen LogP contribution in [0.2, 0.25) is 0 Å². The number of rotatable bonds is 4. The molecule has 0 amide bonds. The average molecular weight is 684 g/mol. The molecule has 0 radical (unpaired) electrons. The van der Waals surface area contributed by atoms with Gasteiger partial charge in [-0.1, -0.05) is 133 Å². The van der Waals surface area contributed by atoms with Crippen molar-refractivity contribution in [2.45, 2.75) is 0 Å². The van der Waals surface area contributed by atoms with Crippen molar-refractivity contribution >= 4 is 84.8 Å². The van der Waals surface area contributed by atoms with Gasteiger partial charge in [-0.05, 0) is 75.8 Å². The predicted octanol–water partition coefficient (Wildman–Crippen LogP) is 14.5. The molecule has 0 N–H and O–H groups in total. The van der Waals surface area contributed by atoms with Gasteiger partial charge >= 0.3 is 0 Å². The summed E-state index contributed by atoms with van der Waals surface area (Å²) in [7, 11) is 0. The summed E-state index contributed by atoms with van der Waals surface area (Å²) in [6.45, 7) is 0. The number of aromatic nitrogens is 1. The molecule has 0 fully saturated rings. The molecule has 0 aliphatic heterocycles. The highest BCUT2D eigenvalue weighted by molar-refractivity contribution is 7.27. The van der Waals surface area contributed by atoms with Crippen LogP contribution >= 0.6 is 22.7 Å². The molecule has 3 heteroatoms. The standard InChI is InChI=1S/C48H29NS2/c1-2-11-30(12-3-1)31-13-8-14-32(27-31)33-15-9-16-35(28-33)49-42-26-25-40-38-18-5-7-22-45(38)51-48(40)46(42)41-24-23-34(29-43(41)49)36-19-10-20-39-37-17-4-6-21-44(37)50-47(36)39/h1-29H. The summed E-state index contributed by atoms with van der Waals surface area (Å²) in [6.07, 6.45) is 0. The third-order valence-electron chi connectivity index (χ3n) is 10.4. The lowest BCUT2D eigenvalue weighted by Crippen LogP contribution is -1.94. The number of hydrogen-bond donors (Lipinski definition) is 0. The summed E-state index contributed by atoms with van der Waals surface area (Å²) in [5, 5.41) is 7.92. The van der Waals surface area contributed by atoms with E-state index >= 15 is 0 Å². The van der Waals surface area contributed by atoms with Gasteiger partial charge in [0.2, 0.25) is 0 Å². The zero-order chi connectivity index (χ0) is 33.5. The Balaban J connectivity index is 1.17. The van der Waals surface area contributed by atoms with Crippen molar-refractivity contribution in [3.63, 3.8) is 0 Å². The van der Waals surface area contributed by atoms with Gasteiger partial charge in [-0.2, -0.15) is 0 Å². The fourth-order valence-corrected chi connectivity index (χ4v) is 10.5. The summed E-state index contributed by atoms with van der Waals surface area (Å²) >= 11 is 3.80. The van der Waals surface area contributed by atoms with E-state index in [2.05, 4.69) is 180 Å². The molecule has 0 spiro atoms. The lowest BCUT2D eigenvalue weighted by molar-refractivity contribution is 1.18. The quantitative estimate of drug-likeness (QED) is 0.174. The molecule has 51 heavy (non-hydrogen) atoms. The second-order valence-corrected chi connectivity index (χ2v) is 15.4. The van der Waals surface area contributed by atoms with Crippen LogP contribution in [0.15, 0.2) is 176 Å². The van der Waals surface area contributed by atoms with Gasteiger partial charge in [-0.15, -0.1) is 22.7 Å². The number of benzene rings is 8. The summed E-state index contributed by atoms with van der Waals surface area (Å²) < 4.78 is 7.84. The summed E-state index contributed by atoms with van der Waals surface area (Å²) in [4.78, 5) is 0. The fraction of sp³-hybridized carbons (Fsp3) is 0. The van der Waals surface area contributed by atoms with Gasteiger partial charge in [-0.3, -0.25) is 0 Å². The largest absolute Gasteiger partial charge is 0.309 e. The summed E-state index contributed by atoms with van der Waals surface area (Å²) in [5.74, 6) is 0. The van der Waals surface area contributed by atoms with E-state index in [1.54, 1.807) is 0 Å². The van der Waals surface area contributed by atoms with Crippen molar-refractivity contribution in [3.05, 3.63) is 176 Å². The molecule has 3 heterocycles. The number of nitrogens with zero attached hydrogens (tertiary/aromatic N) is 1. The van der Waals surface area contributed by atoms with E-state index in [0.29, 0.717) is 0 Å². The summed E-state index contributed by atoms with van der Waals surface area (Å²) in [6, 6.07) is 64.8. The second-order valence-electron chi connectivity index (χ2n) is 13.3. The minimum absolute atomic E-state index is 1.16. The number of hydrogen-bond acceptors (Lipinski definition) is 2. The van der Waals surface area contributed by atoms with Gasteiger partial charge in [0.05, 0.1) is 11.0 Å². The molecule has 0 bridgehead atoms. The van der Waals surface area contributed by atoms with Gasteiger partial charge in [-0.25, -0.2) is 0 Å². The molecule has 8 aromatic carbocycles. The normalized spacial score (nSPS) is 11.9. The van der Waals surface area contributed by atoms with E-state index in [0.717, 1.165) is 5.69 Å². The molecule has 0 aliphatic carbocycles. The molecule has 3 aromatic heterocycles. The zero-order valence-corrected chi connectivity index (χ0v) is 29.1. The minimum atomic E-state index is 1.16. The molecule has 0 atom stereocenters. The van der Waals surface area contributed by atoms with Gasteiger partial charge in [0.1, 0.15) is 0 Å². The first-order valence-electron chi connectivity index (χ1n) is 17.3. The molecule has 0 saturated carbocycles. The molecule has 0 saturated heterocycles. The van der Waals surface area contributed by atoms with E-state index in [1.807, 2.05) is 22.7 Å². The van der Waals surface area contributed by atoms with E-state index in [4.69, 9.17) is 0 Å². The van der Waals surface area contributed by atoms with Gasteiger partial charge in [0, 0.05) is 56.8 Å². The van der Waals surface area contributed by atoms with Crippen LogP contribution in [0.4, 0.5) is 0 Å². The lowest BCUT2D eigenvalue weighted by atomic mass is 9.99. The van der Waals surface area contributed by atoms with Gasteiger partial charge in [0.15, 0.2) is 0 Å². The van der Waals surface area contributed by atoms with Crippen molar-refractivity contribution < 1.29 is 0 Å². The van der Waals surface area contributed by atoms with E-state index in [-0.39, 0.29) is 0 Å². The van der Waals surface area contributed by atoms with Crippen LogP contribution in [0.1, 0.15) is 0 Å². The highest BCUT2D eigenvalue weighted by Gasteiger charge is 2.19. The van der Waals surface area contributed by atoms with Gasteiger partial charge < -0.3 is 4.57 Å². The average Bonchev–Trinajstić information content (AvgIpc) is 3.87. The smallest absolute Gasteiger partial charge is 0.0555 e. The van der Waals surface area contributed by atoms with E-state index in [1.165, 1.54) is 95.5 Å². The zero-order valence-electron chi connectivity index (χ0n) is 27.5. The second kappa shape index (κ2) is 11.3. The Morgan fingerprint density at radius 3 is 1.73 bits per heavy atom. The Labute approximate surface area is 302 Å². The summed E-state index contributed by atoms with van der Waals surface area (Å²) in [5.41, 5.74) is 11.0.